The number of rotatable bonds is 4. The van der Waals surface area contributed by atoms with Crippen LogP contribution >= 0.6 is 15.9 Å². The zero-order valence-electron chi connectivity index (χ0n) is 8.84. The fourth-order valence-corrected chi connectivity index (χ4v) is 1.54. The Bertz CT molecular complexity index is 392. The first-order valence-corrected chi connectivity index (χ1v) is 5.53. The maximum Gasteiger partial charge on any atom is 0.267 e. The second-order valence-electron chi connectivity index (χ2n) is 3.24. The van der Waals surface area contributed by atoms with Crippen LogP contribution in [0.15, 0.2) is 18.2 Å². The predicted molar refractivity (Wildman–Crippen MR) is 60.7 cm³/mol. The van der Waals surface area contributed by atoms with E-state index in [1.54, 1.807) is 6.92 Å². The molecule has 0 saturated heterocycles. The maximum atomic E-state index is 12.5. The highest BCUT2D eigenvalue weighted by atomic mass is 79.9. The molecule has 0 fully saturated rings. The number of alkyl halides is 3. The van der Waals surface area contributed by atoms with Gasteiger partial charge < -0.3 is 4.74 Å². The van der Waals surface area contributed by atoms with Gasteiger partial charge in [0.25, 0.3) is 6.43 Å². The predicted octanol–water partition coefficient (Wildman–Crippen LogP) is 3.60. The Labute approximate surface area is 101 Å². The Balaban J connectivity index is 3.14. The highest BCUT2D eigenvalue weighted by Gasteiger charge is 2.18. The second-order valence-corrected chi connectivity index (χ2v) is 4.61. The number of hydrogen-bond donors (Lipinski definition) is 0. The van der Waals surface area contributed by atoms with E-state index in [1.807, 2.05) is 0 Å². The molecule has 1 aromatic rings. The van der Waals surface area contributed by atoms with Crippen molar-refractivity contribution in [3.05, 3.63) is 29.3 Å². The molecule has 0 saturated carbocycles. The molecular formula is C11H11BrF2O2. The molecule has 0 bridgehead atoms. The van der Waals surface area contributed by atoms with Gasteiger partial charge in [-0.05, 0) is 19.1 Å². The molecule has 0 radical (unpaired) electrons. The highest BCUT2D eigenvalue weighted by molar-refractivity contribution is 9.10. The molecule has 1 atom stereocenters. The molecule has 0 spiro atoms. The zero-order valence-corrected chi connectivity index (χ0v) is 10.4. The number of carbonyl (C=O) groups excluding carboxylic acids is 1. The van der Waals surface area contributed by atoms with E-state index in [4.69, 9.17) is 4.74 Å². The summed E-state index contributed by atoms with van der Waals surface area (Å²) in [7, 11) is 1.30. The summed E-state index contributed by atoms with van der Waals surface area (Å²) in [5, 5.41) is 0. The molecule has 0 aliphatic heterocycles. The number of Topliss-reactive ketones (excluding diaryl/α,β-unsaturated/α-hetero) is 1. The summed E-state index contributed by atoms with van der Waals surface area (Å²) in [6.07, 6.45) is -2.61. The topological polar surface area (TPSA) is 26.3 Å². The van der Waals surface area contributed by atoms with E-state index < -0.39 is 6.43 Å². The monoisotopic (exact) mass is 292 g/mol. The van der Waals surface area contributed by atoms with E-state index >= 15 is 0 Å². The molecule has 5 heteroatoms. The van der Waals surface area contributed by atoms with E-state index in [-0.39, 0.29) is 21.9 Å². The SMILES string of the molecule is COc1cc(C(=O)C(C)Br)ccc1C(F)F. The lowest BCUT2D eigenvalue weighted by molar-refractivity contribution is 0.0994. The van der Waals surface area contributed by atoms with Crippen molar-refractivity contribution in [2.45, 2.75) is 18.2 Å². The van der Waals surface area contributed by atoms with Gasteiger partial charge >= 0.3 is 0 Å². The summed E-state index contributed by atoms with van der Waals surface area (Å²) in [5.74, 6) is -0.131. The third-order valence-electron chi connectivity index (χ3n) is 2.11. The van der Waals surface area contributed by atoms with Crippen LogP contribution in [0.2, 0.25) is 0 Å². The van der Waals surface area contributed by atoms with Gasteiger partial charge in [-0.15, -0.1) is 0 Å². The van der Waals surface area contributed by atoms with Crippen molar-refractivity contribution >= 4 is 21.7 Å². The molecule has 0 aromatic heterocycles. The first kappa shape index (κ1) is 13.1. The van der Waals surface area contributed by atoms with Crippen LogP contribution in [-0.2, 0) is 0 Å². The zero-order chi connectivity index (χ0) is 12.3. The maximum absolute atomic E-state index is 12.5. The summed E-state index contributed by atoms with van der Waals surface area (Å²) < 4.78 is 29.9. The summed E-state index contributed by atoms with van der Waals surface area (Å²) in [4.78, 5) is 11.3. The van der Waals surface area contributed by atoms with E-state index in [1.165, 1.54) is 25.3 Å². The molecule has 0 aliphatic carbocycles. The van der Waals surface area contributed by atoms with Crippen molar-refractivity contribution in [1.82, 2.24) is 0 Å². The molecule has 0 aliphatic rings. The largest absolute Gasteiger partial charge is 0.496 e. The number of hydrogen-bond acceptors (Lipinski definition) is 2. The van der Waals surface area contributed by atoms with E-state index in [2.05, 4.69) is 15.9 Å². The van der Waals surface area contributed by atoms with Crippen LogP contribution < -0.4 is 4.74 Å². The van der Waals surface area contributed by atoms with Crippen LogP contribution in [0.3, 0.4) is 0 Å². The lowest BCUT2D eigenvalue weighted by Crippen LogP contribution is -2.10. The van der Waals surface area contributed by atoms with Gasteiger partial charge in [0, 0.05) is 5.56 Å². The minimum absolute atomic E-state index is 0.0361. The Hall–Kier alpha value is -0.970. The minimum atomic E-state index is -2.61. The fraction of sp³-hybridized carbons (Fsp3) is 0.364. The first-order valence-electron chi connectivity index (χ1n) is 4.61. The van der Waals surface area contributed by atoms with Gasteiger partial charge in [0.15, 0.2) is 5.78 Å². The van der Waals surface area contributed by atoms with Crippen molar-refractivity contribution in [1.29, 1.82) is 0 Å². The molecule has 16 heavy (non-hydrogen) atoms. The fourth-order valence-electron chi connectivity index (χ4n) is 1.27. The third-order valence-corrected chi connectivity index (χ3v) is 2.53. The van der Waals surface area contributed by atoms with Crippen LogP contribution in [0, 0.1) is 0 Å². The smallest absolute Gasteiger partial charge is 0.267 e. The van der Waals surface area contributed by atoms with Gasteiger partial charge in [-0.1, -0.05) is 22.0 Å². The molecule has 88 valence electrons. The molecule has 0 heterocycles. The number of ketones is 1. The van der Waals surface area contributed by atoms with Crippen molar-refractivity contribution < 1.29 is 18.3 Å². The number of methoxy groups -OCH3 is 1. The van der Waals surface area contributed by atoms with Gasteiger partial charge in [-0.2, -0.15) is 0 Å². The van der Waals surface area contributed by atoms with Gasteiger partial charge in [-0.3, -0.25) is 4.79 Å². The van der Waals surface area contributed by atoms with Crippen LogP contribution in [0.25, 0.3) is 0 Å². The molecule has 1 rings (SSSR count). The van der Waals surface area contributed by atoms with Crippen LogP contribution in [-0.4, -0.2) is 17.7 Å². The van der Waals surface area contributed by atoms with Gasteiger partial charge in [0.05, 0.1) is 17.5 Å². The summed E-state index contributed by atoms with van der Waals surface area (Å²) in [6, 6.07) is 3.93. The van der Waals surface area contributed by atoms with Crippen LogP contribution in [0.5, 0.6) is 5.75 Å². The standard InChI is InChI=1S/C11H11BrF2O2/c1-6(12)10(15)7-3-4-8(11(13)14)9(5-7)16-2/h3-6,11H,1-2H3. The lowest BCUT2D eigenvalue weighted by atomic mass is 10.1. The first-order chi connectivity index (χ1) is 7.47. The van der Waals surface area contributed by atoms with E-state index in [0.29, 0.717) is 5.56 Å². The molecule has 0 N–H and O–H groups in total. The van der Waals surface area contributed by atoms with E-state index in [0.717, 1.165) is 0 Å². The lowest BCUT2D eigenvalue weighted by Gasteiger charge is -2.10. The van der Waals surface area contributed by atoms with Crippen molar-refractivity contribution in [3.63, 3.8) is 0 Å². The Morgan fingerprint density at radius 1 is 1.44 bits per heavy atom. The molecule has 2 nitrogen and oxygen atoms in total. The summed E-state index contributed by atoms with van der Waals surface area (Å²) in [5.41, 5.74) is 0.145. The second kappa shape index (κ2) is 5.39. The Morgan fingerprint density at radius 3 is 2.50 bits per heavy atom. The van der Waals surface area contributed by atoms with Crippen LogP contribution in [0.1, 0.15) is 29.3 Å². The number of ether oxygens (including phenoxy) is 1. The summed E-state index contributed by atoms with van der Waals surface area (Å²) in [6.45, 7) is 1.68. The molecule has 0 amide bonds. The van der Waals surface area contributed by atoms with Gasteiger partial charge in [0.2, 0.25) is 0 Å². The van der Waals surface area contributed by atoms with E-state index in [9.17, 15) is 13.6 Å². The van der Waals surface area contributed by atoms with Crippen molar-refractivity contribution in [2.75, 3.05) is 7.11 Å². The quantitative estimate of drug-likeness (QED) is 0.626. The summed E-state index contributed by atoms with van der Waals surface area (Å²) >= 11 is 3.13. The normalized spacial score (nSPS) is 12.6. The average Bonchev–Trinajstić information content (AvgIpc) is 2.26. The minimum Gasteiger partial charge on any atom is -0.496 e. The number of halogens is 3. The van der Waals surface area contributed by atoms with Gasteiger partial charge in [0.1, 0.15) is 5.75 Å². The highest BCUT2D eigenvalue weighted by Crippen LogP contribution is 2.30. The Morgan fingerprint density at radius 2 is 2.06 bits per heavy atom. The molecular weight excluding hydrogens is 282 g/mol. The van der Waals surface area contributed by atoms with Crippen molar-refractivity contribution in [3.8, 4) is 5.75 Å². The number of carbonyl (C=O) groups is 1. The third kappa shape index (κ3) is 2.78. The molecule has 1 unspecified atom stereocenters. The molecule has 1 aromatic carbocycles. The van der Waals surface area contributed by atoms with Gasteiger partial charge in [-0.25, -0.2) is 8.78 Å². The van der Waals surface area contributed by atoms with Crippen molar-refractivity contribution in [2.24, 2.45) is 0 Å². The van der Waals surface area contributed by atoms with Crippen LogP contribution in [0.4, 0.5) is 8.78 Å². The average molecular weight is 293 g/mol. The Kier molecular flexibility index (Phi) is 4.41. The number of benzene rings is 1.